The fraction of sp³-hybridized carbons (Fsp3) is 0.417. The van der Waals surface area contributed by atoms with Crippen LogP contribution in [0.25, 0.3) is 0 Å². The van der Waals surface area contributed by atoms with Gasteiger partial charge in [0, 0.05) is 7.05 Å². The first-order chi connectivity index (χ1) is 7.59. The smallest absolute Gasteiger partial charge is 0.305 e. The molecular weight excluding hydrogens is 206 g/mol. The Hall–Kier alpha value is -1.71. The summed E-state index contributed by atoms with van der Waals surface area (Å²) in [4.78, 5) is 12.7. The molecule has 1 aromatic carbocycles. The van der Waals surface area contributed by atoms with E-state index in [0.29, 0.717) is 6.61 Å². The Morgan fingerprint density at radius 3 is 3.06 bits per heavy atom. The highest BCUT2D eigenvalue weighted by Crippen LogP contribution is 2.36. The molecule has 1 N–H and O–H groups in total. The molecule has 0 radical (unpaired) electrons. The fourth-order valence-corrected chi connectivity index (χ4v) is 1.99. The molecule has 1 heterocycles. The highest BCUT2D eigenvalue weighted by atomic mass is 16.5. The van der Waals surface area contributed by atoms with Gasteiger partial charge in [-0.25, -0.2) is 0 Å². The van der Waals surface area contributed by atoms with Gasteiger partial charge in [0.15, 0.2) is 0 Å². The van der Waals surface area contributed by atoms with Gasteiger partial charge in [-0.05, 0) is 18.6 Å². The van der Waals surface area contributed by atoms with Gasteiger partial charge < -0.3 is 14.7 Å². The molecule has 0 aliphatic carbocycles. The van der Waals surface area contributed by atoms with Crippen molar-refractivity contribution in [2.24, 2.45) is 0 Å². The van der Waals surface area contributed by atoms with Crippen molar-refractivity contribution in [2.45, 2.75) is 19.4 Å². The number of nitrogens with zero attached hydrogens (tertiary/aromatic N) is 1. The van der Waals surface area contributed by atoms with Gasteiger partial charge in [0.1, 0.15) is 12.4 Å². The molecule has 4 nitrogen and oxygen atoms in total. The van der Waals surface area contributed by atoms with Gasteiger partial charge in [0.25, 0.3) is 0 Å². The molecule has 0 saturated carbocycles. The van der Waals surface area contributed by atoms with E-state index in [1.54, 1.807) is 0 Å². The van der Waals surface area contributed by atoms with Crippen LogP contribution in [0.15, 0.2) is 18.2 Å². The molecule has 0 aromatic heterocycles. The minimum absolute atomic E-state index is 0.0909. The zero-order valence-electron chi connectivity index (χ0n) is 9.43. The number of hydrogen-bond acceptors (Lipinski definition) is 3. The summed E-state index contributed by atoms with van der Waals surface area (Å²) in [6, 6.07) is 5.81. The Kier molecular flexibility index (Phi) is 2.73. The molecule has 4 heteroatoms. The molecule has 0 spiro atoms. The first-order valence-corrected chi connectivity index (χ1v) is 5.26. The highest BCUT2D eigenvalue weighted by molar-refractivity contribution is 5.70. The number of aliphatic carboxylic acids is 1. The standard InChI is InChI=1S/C12H15NO3/c1-8-4-3-5-10-12(8)16-7-9(13(10)2)6-11(14)15/h3-5,9H,6-7H2,1-2H3,(H,14,15). The van der Waals surface area contributed by atoms with E-state index in [-0.39, 0.29) is 12.5 Å². The van der Waals surface area contributed by atoms with E-state index in [1.165, 1.54) is 0 Å². The normalized spacial score (nSPS) is 18.9. The second kappa shape index (κ2) is 4.04. The van der Waals surface area contributed by atoms with Gasteiger partial charge in [-0.3, -0.25) is 4.79 Å². The Balaban J connectivity index is 2.28. The average Bonchev–Trinajstić information content (AvgIpc) is 2.23. The molecule has 86 valence electrons. The van der Waals surface area contributed by atoms with Gasteiger partial charge in [-0.1, -0.05) is 12.1 Å². The molecule has 1 aliphatic rings. The van der Waals surface area contributed by atoms with Crippen molar-refractivity contribution in [3.63, 3.8) is 0 Å². The Labute approximate surface area is 94.4 Å². The van der Waals surface area contributed by atoms with Crippen LogP contribution in [-0.2, 0) is 4.79 Å². The largest absolute Gasteiger partial charge is 0.489 e. The zero-order valence-corrected chi connectivity index (χ0v) is 9.43. The van der Waals surface area contributed by atoms with E-state index in [1.807, 2.05) is 37.1 Å². The van der Waals surface area contributed by atoms with Gasteiger partial charge in [0.05, 0.1) is 18.2 Å². The predicted molar refractivity (Wildman–Crippen MR) is 61.1 cm³/mol. The van der Waals surface area contributed by atoms with Crippen LogP contribution in [0.3, 0.4) is 0 Å². The Morgan fingerprint density at radius 1 is 1.62 bits per heavy atom. The lowest BCUT2D eigenvalue weighted by molar-refractivity contribution is -0.137. The summed E-state index contributed by atoms with van der Waals surface area (Å²) in [7, 11) is 1.91. The minimum Gasteiger partial charge on any atom is -0.489 e. The van der Waals surface area contributed by atoms with Crippen LogP contribution in [0.2, 0.25) is 0 Å². The van der Waals surface area contributed by atoms with Crippen LogP contribution in [0.5, 0.6) is 5.75 Å². The Bertz CT molecular complexity index is 417. The summed E-state index contributed by atoms with van der Waals surface area (Å²) in [5.41, 5.74) is 2.05. The number of likely N-dealkylation sites (N-methyl/N-ethyl adjacent to an activating group) is 1. The third-order valence-electron chi connectivity index (χ3n) is 2.95. The summed E-state index contributed by atoms with van der Waals surface area (Å²) < 4.78 is 5.63. The van der Waals surface area contributed by atoms with Crippen LogP contribution in [0.4, 0.5) is 5.69 Å². The van der Waals surface area contributed by atoms with Crippen molar-refractivity contribution in [3.8, 4) is 5.75 Å². The number of carboxylic acid groups (broad SMARTS) is 1. The molecule has 0 amide bonds. The second-order valence-electron chi connectivity index (χ2n) is 4.10. The van der Waals surface area contributed by atoms with E-state index in [4.69, 9.17) is 9.84 Å². The van der Waals surface area contributed by atoms with E-state index in [9.17, 15) is 4.79 Å². The number of aryl methyl sites for hydroxylation is 1. The first kappa shape index (κ1) is 10.8. The number of carboxylic acids is 1. The first-order valence-electron chi connectivity index (χ1n) is 5.26. The van der Waals surface area contributed by atoms with Gasteiger partial charge >= 0.3 is 5.97 Å². The van der Waals surface area contributed by atoms with Crippen molar-refractivity contribution >= 4 is 11.7 Å². The molecule has 1 atom stereocenters. The van der Waals surface area contributed by atoms with Gasteiger partial charge in [-0.15, -0.1) is 0 Å². The average molecular weight is 221 g/mol. The van der Waals surface area contributed by atoms with Crippen LogP contribution in [0.1, 0.15) is 12.0 Å². The lowest BCUT2D eigenvalue weighted by Gasteiger charge is -2.35. The van der Waals surface area contributed by atoms with E-state index >= 15 is 0 Å². The maximum atomic E-state index is 10.7. The van der Waals surface area contributed by atoms with E-state index < -0.39 is 5.97 Å². The molecule has 1 aromatic rings. The SMILES string of the molecule is Cc1cccc2c1OCC(CC(=O)O)N2C. The molecular formula is C12H15NO3. The minimum atomic E-state index is -0.795. The lowest BCUT2D eigenvalue weighted by Crippen LogP contribution is -2.41. The number of carbonyl (C=O) groups is 1. The molecule has 0 fully saturated rings. The molecule has 1 unspecified atom stereocenters. The van der Waals surface area contributed by atoms with E-state index in [2.05, 4.69) is 0 Å². The monoisotopic (exact) mass is 221 g/mol. The van der Waals surface area contributed by atoms with Crippen molar-refractivity contribution in [2.75, 3.05) is 18.6 Å². The highest BCUT2D eigenvalue weighted by Gasteiger charge is 2.27. The van der Waals surface area contributed by atoms with Crippen LogP contribution >= 0.6 is 0 Å². The Morgan fingerprint density at radius 2 is 2.38 bits per heavy atom. The van der Waals surface area contributed by atoms with Crippen molar-refractivity contribution in [1.82, 2.24) is 0 Å². The number of para-hydroxylation sites is 1. The van der Waals surface area contributed by atoms with Crippen LogP contribution < -0.4 is 9.64 Å². The van der Waals surface area contributed by atoms with Gasteiger partial charge in [0.2, 0.25) is 0 Å². The van der Waals surface area contributed by atoms with E-state index in [0.717, 1.165) is 17.0 Å². The summed E-state index contributed by atoms with van der Waals surface area (Å²) >= 11 is 0. The number of rotatable bonds is 2. The summed E-state index contributed by atoms with van der Waals surface area (Å²) in [6.07, 6.45) is 0.101. The van der Waals surface area contributed by atoms with Crippen LogP contribution in [-0.4, -0.2) is 30.8 Å². The molecule has 2 rings (SSSR count). The number of hydrogen-bond donors (Lipinski definition) is 1. The van der Waals surface area contributed by atoms with Crippen molar-refractivity contribution < 1.29 is 14.6 Å². The molecule has 0 saturated heterocycles. The summed E-state index contributed by atoms with van der Waals surface area (Å²) in [5, 5.41) is 8.80. The predicted octanol–water partition coefficient (Wildman–Crippen LogP) is 1.67. The van der Waals surface area contributed by atoms with Crippen molar-refractivity contribution in [1.29, 1.82) is 0 Å². The maximum absolute atomic E-state index is 10.7. The number of ether oxygens (including phenoxy) is 1. The number of anilines is 1. The van der Waals surface area contributed by atoms with Crippen molar-refractivity contribution in [3.05, 3.63) is 23.8 Å². The number of benzene rings is 1. The third kappa shape index (κ3) is 1.83. The van der Waals surface area contributed by atoms with Crippen LogP contribution in [0, 0.1) is 6.92 Å². The summed E-state index contributed by atoms with van der Waals surface area (Å²) in [5.74, 6) is 0.0724. The molecule has 0 bridgehead atoms. The molecule has 1 aliphatic heterocycles. The lowest BCUT2D eigenvalue weighted by atomic mass is 10.1. The fourth-order valence-electron chi connectivity index (χ4n) is 1.99. The second-order valence-corrected chi connectivity index (χ2v) is 4.10. The number of fused-ring (bicyclic) bond motifs is 1. The summed E-state index contributed by atoms with van der Waals surface area (Å²) in [6.45, 7) is 2.42. The van der Waals surface area contributed by atoms with Gasteiger partial charge in [-0.2, -0.15) is 0 Å². The zero-order chi connectivity index (χ0) is 11.7. The molecule has 16 heavy (non-hydrogen) atoms. The maximum Gasteiger partial charge on any atom is 0.305 e. The quantitative estimate of drug-likeness (QED) is 0.825. The topological polar surface area (TPSA) is 49.8 Å². The third-order valence-corrected chi connectivity index (χ3v) is 2.95.